The van der Waals surface area contributed by atoms with Crippen molar-refractivity contribution in [3.63, 3.8) is 0 Å². The second kappa shape index (κ2) is 4.88. The highest BCUT2D eigenvalue weighted by atomic mass is 16.1. The molecule has 0 unspecified atom stereocenters. The van der Waals surface area contributed by atoms with Crippen molar-refractivity contribution in [2.24, 2.45) is 0 Å². The first-order valence-electron chi connectivity index (χ1n) is 6.57. The lowest BCUT2D eigenvalue weighted by atomic mass is 10.0. The van der Waals surface area contributed by atoms with Crippen molar-refractivity contribution >= 4 is 5.91 Å². The molecular formula is C15H17N3O. The summed E-state index contributed by atoms with van der Waals surface area (Å²) in [5, 5.41) is 9.72. The molecule has 98 valence electrons. The maximum atomic E-state index is 11.9. The van der Waals surface area contributed by atoms with Crippen LogP contribution < -0.4 is 5.32 Å². The zero-order valence-electron chi connectivity index (χ0n) is 10.9. The molecule has 0 saturated heterocycles. The molecule has 1 aromatic heterocycles. The van der Waals surface area contributed by atoms with Crippen LogP contribution in [0.4, 0.5) is 0 Å². The number of nitrogens with zero attached hydrogens (tertiary/aromatic N) is 1. The van der Waals surface area contributed by atoms with E-state index in [-0.39, 0.29) is 11.9 Å². The fourth-order valence-corrected chi connectivity index (χ4v) is 2.51. The molecule has 4 nitrogen and oxygen atoms in total. The molecule has 2 aromatic rings. The Hall–Kier alpha value is -2.10. The molecule has 1 amide bonds. The van der Waals surface area contributed by atoms with Crippen LogP contribution in [0.2, 0.25) is 0 Å². The Morgan fingerprint density at radius 2 is 2.26 bits per heavy atom. The monoisotopic (exact) mass is 255 g/mol. The lowest BCUT2D eigenvalue weighted by Gasteiger charge is -2.06. The summed E-state index contributed by atoms with van der Waals surface area (Å²) in [5.41, 5.74) is 3.51. The Bertz CT molecular complexity index is 577. The van der Waals surface area contributed by atoms with Crippen LogP contribution >= 0.6 is 0 Å². The lowest BCUT2D eigenvalue weighted by molar-refractivity contribution is -0.120. The smallest absolute Gasteiger partial charge is 0.226 e. The average molecular weight is 255 g/mol. The van der Waals surface area contributed by atoms with Gasteiger partial charge in [-0.2, -0.15) is 5.10 Å². The SMILES string of the molecule is Cc1ccccc1[C@@H]1C[C@H]1NC(=O)Cc1ccn[nH]1. The van der Waals surface area contributed by atoms with Gasteiger partial charge in [-0.25, -0.2) is 0 Å². The second-order valence-electron chi connectivity index (χ2n) is 5.13. The summed E-state index contributed by atoms with van der Waals surface area (Å²) in [5.74, 6) is 0.539. The van der Waals surface area contributed by atoms with Crippen LogP contribution in [-0.4, -0.2) is 22.1 Å². The highest BCUT2D eigenvalue weighted by Gasteiger charge is 2.39. The molecular weight excluding hydrogens is 238 g/mol. The number of nitrogens with one attached hydrogen (secondary N) is 2. The maximum Gasteiger partial charge on any atom is 0.226 e. The topological polar surface area (TPSA) is 57.8 Å². The summed E-state index contributed by atoms with van der Waals surface area (Å²) in [4.78, 5) is 11.9. The number of rotatable bonds is 4. The van der Waals surface area contributed by atoms with Crippen molar-refractivity contribution in [2.45, 2.75) is 31.7 Å². The predicted octanol–water partition coefficient (Wildman–Crippen LogP) is 1.93. The van der Waals surface area contributed by atoms with E-state index in [0.717, 1.165) is 12.1 Å². The van der Waals surface area contributed by atoms with E-state index in [1.165, 1.54) is 11.1 Å². The molecule has 0 spiro atoms. The zero-order valence-corrected chi connectivity index (χ0v) is 10.9. The van der Waals surface area contributed by atoms with Gasteiger partial charge in [-0.05, 0) is 30.5 Å². The van der Waals surface area contributed by atoms with E-state index in [4.69, 9.17) is 0 Å². The van der Waals surface area contributed by atoms with Gasteiger partial charge in [0.15, 0.2) is 0 Å². The number of aromatic amines is 1. The van der Waals surface area contributed by atoms with E-state index in [0.29, 0.717) is 12.3 Å². The van der Waals surface area contributed by atoms with Crippen molar-refractivity contribution in [1.29, 1.82) is 0 Å². The largest absolute Gasteiger partial charge is 0.352 e. The molecule has 0 radical (unpaired) electrons. The van der Waals surface area contributed by atoms with Crippen molar-refractivity contribution in [2.75, 3.05) is 0 Å². The number of carbonyl (C=O) groups is 1. The minimum Gasteiger partial charge on any atom is -0.352 e. The van der Waals surface area contributed by atoms with E-state index in [1.807, 2.05) is 12.1 Å². The van der Waals surface area contributed by atoms with Gasteiger partial charge in [0, 0.05) is 23.9 Å². The molecule has 1 heterocycles. The summed E-state index contributed by atoms with van der Waals surface area (Å²) in [6.07, 6.45) is 3.08. The third kappa shape index (κ3) is 2.67. The van der Waals surface area contributed by atoms with Gasteiger partial charge < -0.3 is 5.32 Å². The summed E-state index contributed by atoms with van der Waals surface area (Å²) in [6.45, 7) is 2.12. The van der Waals surface area contributed by atoms with Gasteiger partial charge in [0.2, 0.25) is 5.91 Å². The minimum absolute atomic E-state index is 0.0605. The first-order valence-corrected chi connectivity index (χ1v) is 6.57. The number of aryl methyl sites for hydroxylation is 1. The van der Waals surface area contributed by atoms with E-state index < -0.39 is 0 Å². The number of H-pyrrole nitrogens is 1. The molecule has 1 aliphatic rings. The average Bonchev–Trinajstić information content (AvgIpc) is 2.94. The molecule has 1 aromatic carbocycles. The first-order chi connectivity index (χ1) is 9.24. The fourth-order valence-electron chi connectivity index (χ4n) is 2.51. The van der Waals surface area contributed by atoms with Gasteiger partial charge in [0.25, 0.3) is 0 Å². The number of carbonyl (C=O) groups excluding carboxylic acids is 1. The van der Waals surface area contributed by atoms with Crippen molar-refractivity contribution < 1.29 is 4.79 Å². The van der Waals surface area contributed by atoms with E-state index in [9.17, 15) is 4.79 Å². The van der Waals surface area contributed by atoms with E-state index in [2.05, 4.69) is 40.6 Å². The van der Waals surface area contributed by atoms with Crippen molar-refractivity contribution in [3.8, 4) is 0 Å². The lowest BCUT2D eigenvalue weighted by Crippen LogP contribution is -2.28. The van der Waals surface area contributed by atoms with Crippen LogP contribution in [0.25, 0.3) is 0 Å². The Labute approximate surface area is 112 Å². The summed E-state index contributed by atoms with van der Waals surface area (Å²) >= 11 is 0. The highest BCUT2D eigenvalue weighted by Crippen LogP contribution is 2.42. The highest BCUT2D eigenvalue weighted by molar-refractivity contribution is 5.79. The van der Waals surface area contributed by atoms with Gasteiger partial charge in [-0.15, -0.1) is 0 Å². The van der Waals surface area contributed by atoms with Crippen LogP contribution in [0.5, 0.6) is 0 Å². The molecule has 1 fully saturated rings. The Balaban J connectivity index is 1.56. The van der Waals surface area contributed by atoms with E-state index >= 15 is 0 Å². The molecule has 4 heteroatoms. The van der Waals surface area contributed by atoms with Crippen LogP contribution in [0.15, 0.2) is 36.5 Å². The summed E-state index contributed by atoms with van der Waals surface area (Å²) in [6, 6.07) is 10.5. The second-order valence-corrected chi connectivity index (χ2v) is 5.13. The Morgan fingerprint density at radius 1 is 1.42 bits per heavy atom. The molecule has 19 heavy (non-hydrogen) atoms. The molecule has 1 aliphatic carbocycles. The first kappa shape index (κ1) is 12.0. The molecule has 2 atom stereocenters. The maximum absolute atomic E-state index is 11.9. The van der Waals surface area contributed by atoms with Gasteiger partial charge in [0.1, 0.15) is 0 Å². The molecule has 1 saturated carbocycles. The van der Waals surface area contributed by atoms with Crippen molar-refractivity contribution in [1.82, 2.24) is 15.5 Å². The summed E-state index contributed by atoms with van der Waals surface area (Å²) in [7, 11) is 0. The van der Waals surface area contributed by atoms with Crippen molar-refractivity contribution in [3.05, 3.63) is 53.3 Å². The Kier molecular flexibility index (Phi) is 3.07. The van der Waals surface area contributed by atoms with Crippen LogP contribution in [0, 0.1) is 6.92 Å². The molecule has 0 aliphatic heterocycles. The quantitative estimate of drug-likeness (QED) is 0.877. The van der Waals surface area contributed by atoms with Crippen LogP contribution in [0.1, 0.15) is 29.2 Å². The van der Waals surface area contributed by atoms with Crippen LogP contribution in [0.3, 0.4) is 0 Å². The van der Waals surface area contributed by atoms with Crippen LogP contribution in [-0.2, 0) is 11.2 Å². The van der Waals surface area contributed by atoms with Gasteiger partial charge in [-0.3, -0.25) is 9.89 Å². The molecule has 3 rings (SSSR count). The number of benzene rings is 1. The van der Waals surface area contributed by atoms with Gasteiger partial charge in [0.05, 0.1) is 6.42 Å². The number of hydrogen-bond donors (Lipinski definition) is 2. The number of hydrogen-bond acceptors (Lipinski definition) is 2. The minimum atomic E-state index is 0.0605. The van der Waals surface area contributed by atoms with Gasteiger partial charge >= 0.3 is 0 Å². The standard InChI is InChI=1S/C15H17N3O/c1-10-4-2-3-5-12(10)13-9-14(13)17-15(19)8-11-6-7-16-18-11/h2-7,13-14H,8-9H2,1H3,(H,16,18)(H,17,19)/t13-,14+/m0/s1. The Morgan fingerprint density at radius 3 is 3.00 bits per heavy atom. The summed E-state index contributed by atoms with van der Waals surface area (Å²) < 4.78 is 0. The number of amides is 1. The normalized spacial score (nSPS) is 21.1. The fraction of sp³-hybridized carbons (Fsp3) is 0.333. The predicted molar refractivity (Wildman–Crippen MR) is 72.8 cm³/mol. The third-order valence-corrected chi connectivity index (χ3v) is 3.63. The van der Waals surface area contributed by atoms with E-state index in [1.54, 1.807) is 6.20 Å². The number of aromatic nitrogens is 2. The third-order valence-electron chi connectivity index (χ3n) is 3.63. The molecule has 2 N–H and O–H groups in total. The molecule has 0 bridgehead atoms. The zero-order chi connectivity index (χ0) is 13.2. The van der Waals surface area contributed by atoms with Gasteiger partial charge in [-0.1, -0.05) is 24.3 Å².